The van der Waals surface area contributed by atoms with Crippen LogP contribution >= 0.6 is 0 Å². The van der Waals surface area contributed by atoms with Crippen LogP contribution < -0.4 is 0 Å². The predicted molar refractivity (Wildman–Crippen MR) is 94.6 cm³/mol. The largest absolute Gasteiger partial charge is 0.229 e. The second-order valence-corrected chi connectivity index (χ2v) is 9.43. The zero-order valence-electron chi connectivity index (χ0n) is 14.9. The van der Waals surface area contributed by atoms with Crippen molar-refractivity contribution in [1.82, 2.24) is 0 Å². The molecule has 0 amide bonds. The lowest BCUT2D eigenvalue weighted by atomic mass is 9.76. The van der Waals surface area contributed by atoms with Crippen LogP contribution in [0.1, 0.15) is 97.8 Å². The van der Waals surface area contributed by atoms with Crippen LogP contribution in [-0.2, 0) is 9.84 Å². The Morgan fingerprint density at radius 3 is 1.67 bits per heavy atom. The predicted octanol–water partition coefficient (Wildman–Crippen LogP) is 5.76. The number of rotatable bonds is 14. The molecule has 0 N–H and O–H groups in total. The fourth-order valence-electron chi connectivity index (χ4n) is 3.09. The topological polar surface area (TPSA) is 34.1 Å². The van der Waals surface area contributed by atoms with Crippen LogP contribution in [0.3, 0.4) is 0 Å². The van der Waals surface area contributed by atoms with E-state index in [1.165, 1.54) is 70.5 Å². The van der Waals surface area contributed by atoms with Crippen LogP contribution in [0.25, 0.3) is 0 Å². The zero-order chi connectivity index (χ0) is 16.2. The van der Waals surface area contributed by atoms with Gasteiger partial charge in [-0.2, -0.15) is 0 Å². The van der Waals surface area contributed by atoms with Crippen LogP contribution in [0.4, 0.5) is 0 Å². The quantitative estimate of drug-likeness (QED) is 0.382. The first-order chi connectivity index (χ1) is 9.83. The fourth-order valence-corrected chi connectivity index (χ4v) is 3.76. The van der Waals surface area contributed by atoms with Crippen LogP contribution in [-0.4, -0.2) is 20.4 Å². The summed E-state index contributed by atoms with van der Waals surface area (Å²) in [5, 5.41) is 0. The van der Waals surface area contributed by atoms with Gasteiger partial charge < -0.3 is 0 Å². The number of hydrogen-bond acceptors (Lipinski definition) is 2. The molecule has 0 spiro atoms. The molecular weight excluding hydrogens is 280 g/mol. The molecule has 21 heavy (non-hydrogen) atoms. The van der Waals surface area contributed by atoms with Crippen LogP contribution in [0, 0.1) is 5.41 Å². The van der Waals surface area contributed by atoms with Crippen molar-refractivity contribution in [3.05, 3.63) is 0 Å². The number of hydrogen-bond donors (Lipinski definition) is 0. The van der Waals surface area contributed by atoms with E-state index in [1.807, 2.05) is 0 Å². The smallest absolute Gasteiger partial charge is 0.147 e. The van der Waals surface area contributed by atoms with Crippen molar-refractivity contribution in [1.29, 1.82) is 0 Å². The third kappa shape index (κ3) is 13.3. The minimum absolute atomic E-state index is 0.353. The molecule has 0 rings (SSSR count). The normalized spacial score (nSPS) is 15.0. The number of unbranched alkanes of at least 4 members (excludes halogenated alkanes) is 6. The van der Waals surface area contributed by atoms with Crippen molar-refractivity contribution >= 4 is 9.84 Å². The molecule has 0 saturated carbocycles. The van der Waals surface area contributed by atoms with Crippen molar-refractivity contribution in [2.75, 3.05) is 12.0 Å². The van der Waals surface area contributed by atoms with Crippen LogP contribution in [0.15, 0.2) is 0 Å². The molecule has 0 fully saturated rings. The van der Waals surface area contributed by atoms with Gasteiger partial charge in [-0.3, -0.25) is 0 Å². The highest BCUT2D eigenvalue weighted by Gasteiger charge is 2.23. The van der Waals surface area contributed by atoms with E-state index >= 15 is 0 Å². The van der Waals surface area contributed by atoms with Crippen molar-refractivity contribution in [3.63, 3.8) is 0 Å². The van der Waals surface area contributed by atoms with Crippen molar-refractivity contribution in [3.8, 4) is 0 Å². The van der Waals surface area contributed by atoms with Crippen molar-refractivity contribution in [2.24, 2.45) is 5.41 Å². The highest BCUT2D eigenvalue weighted by atomic mass is 32.2. The molecule has 0 heterocycles. The first kappa shape index (κ1) is 20.9. The fraction of sp³-hybridized carbons (Fsp3) is 1.00. The molecular formula is C18H38O2S. The Kier molecular flexibility index (Phi) is 11.5. The number of sulfone groups is 1. The summed E-state index contributed by atoms with van der Waals surface area (Å²) in [6.07, 6.45) is 16.3. The Hall–Kier alpha value is -0.0500. The third-order valence-electron chi connectivity index (χ3n) is 4.56. The molecule has 0 aliphatic heterocycles. The third-order valence-corrected chi connectivity index (χ3v) is 5.59. The van der Waals surface area contributed by atoms with Gasteiger partial charge >= 0.3 is 0 Å². The highest BCUT2D eigenvalue weighted by molar-refractivity contribution is 7.90. The SMILES string of the molecule is CCCCCCCC(C)(CCCCC)CCCS(C)(=O)=O. The van der Waals surface area contributed by atoms with Gasteiger partial charge in [-0.25, -0.2) is 8.42 Å². The van der Waals surface area contributed by atoms with Gasteiger partial charge in [0, 0.05) is 12.0 Å². The van der Waals surface area contributed by atoms with Gasteiger partial charge in [-0.05, 0) is 31.1 Å². The summed E-state index contributed by atoms with van der Waals surface area (Å²) in [7, 11) is -2.80. The van der Waals surface area contributed by atoms with Crippen molar-refractivity contribution in [2.45, 2.75) is 97.8 Å². The molecule has 0 aromatic heterocycles. The molecule has 0 aromatic carbocycles. The minimum atomic E-state index is -2.80. The summed E-state index contributed by atoms with van der Waals surface area (Å²) >= 11 is 0. The average molecular weight is 319 g/mol. The first-order valence-corrected chi connectivity index (χ1v) is 11.1. The van der Waals surface area contributed by atoms with Crippen LogP contribution in [0.2, 0.25) is 0 Å². The Balaban J connectivity index is 4.19. The van der Waals surface area contributed by atoms with E-state index in [1.54, 1.807) is 0 Å². The molecule has 2 nitrogen and oxygen atoms in total. The standard InChI is InChI=1S/C18H38O2S/c1-5-7-9-10-12-15-18(3,14-11-8-6-2)16-13-17-21(4,19)20/h5-17H2,1-4H3. The molecule has 0 saturated heterocycles. The Morgan fingerprint density at radius 1 is 0.714 bits per heavy atom. The van der Waals surface area contributed by atoms with E-state index in [9.17, 15) is 8.42 Å². The molecule has 0 aliphatic carbocycles. The van der Waals surface area contributed by atoms with Gasteiger partial charge in [-0.1, -0.05) is 72.1 Å². The molecule has 0 bridgehead atoms. The van der Waals surface area contributed by atoms with E-state index in [0.717, 1.165) is 12.8 Å². The molecule has 0 aliphatic rings. The first-order valence-electron chi connectivity index (χ1n) is 9.01. The van der Waals surface area contributed by atoms with Gasteiger partial charge in [0.15, 0.2) is 0 Å². The van der Waals surface area contributed by atoms with E-state index in [2.05, 4.69) is 20.8 Å². The molecule has 3 heteroatoms. The lowest BCUT2D eigenvalue weighted by Crippen LogP contribution is -2.18. The molecule has 0 radical (unpaired) electrons. The van der Waals surface area contributed by atoms with E-state index in [0.29, 0.717) is 11.2 Å². The molecule has 1 unspecified atom stereocenters. The van der Waals surface area contributed by atoms with E-state index in [4.69, 9.17) is 0 Å². The second kappa shape index (κ2) is 11.5. The zero-order valence-corrected chi connectivity index (χ0v) is 15.7. The monoisotopic (exact) mass is 318 g/mol. The van der Waals surface area contributed by atoms with Gasteiger partial charge in [0.2, 0.25) is 0 Å². The summed E-state index contributed by atoms with van der Waals surface area (Å²) in [6.45, 7) is 6.87. The Morgan fingerprint density at radius 2 is 1.14 bits per heavy atom. The lowest BCUT2D eigenvalue weighted by molar-refractivity contribution is 0.229. The van der Waals surface area contributed by atoms with Gasteiger partial charge in [0.1, 0.15) is 9.84 Å². The van der Waals surface area contributed by atoms with Crippen molar-refractivity contribution < 1.29 is 8.42 Å². The molecule has 128 valence electrons. The van der Waals surface area contributed by atoms with Gasteiger partial charge in [0.05, 0.1) is 0 Å². The summed E-state index contributed by atoms with van der Waals surface area (Å²) < 4.78 is 22.6. The van der Waals surface area contributed by atoms with Crippen LogP contribution in [0.5, 0.6) is 0 Å². The maximum absolute atomic E-state index is 11.3. The summed E-state index contributed by atoms with van der Waals surface area (Å²) in [4.78, 5) is 0. The maximum atomic E-state index is 11.3. The Labute approximate surface area is 134 Å². The maximum Gasteiger partial charge on any atom is 0.147 e. The highest BCUT2D eigenvalue weighted by Crippen LogP contribution is 2.36. The Bertz CT molecular complexity index is 335. The molecule has 0 aromatic rings. The minimum Gasteiger partial charge on any atom is -0.229 e. The summed E-state index contributed by atoms with van der Waals surface area (Å²) in [5.41, 5.74) is 0.353. The summed E-state index contributed by atoms with van der Waals surface area (Å²) in [5.74, 6) is 0.353. The lowest BCUT2D eigenvalue weighted by Gasteiger charge is -2.30. The van der Waals surface area contributed by atoms with Gasteiger partial charge in [-0.15, -0.1) is 0 Å². The van der Waals surface area contributed by atoms with E-state index in [-0.39, 0.29) is 0 Å². The second-order valence-electron chi connectivity index (χ2n) is 7.17. The van der Waals surface area contributed by atoms with Gasteiger partial charge in [0.25, 0.3) is 0 Å². The average Bonchev–Trinajstić information content (AvgIpc) is 2.37. The van der Waals surface area contributed by atoms with E-state index < -0.39 is 9.84 Å². The summed E-state index contributed by atoms with van der Waals surface area (Å²) in [6, 6.07) is 0. The molecule has 1 atom stereocenters.